The van der Waals surface area contributed by atoms with Gasteiger partial charge in [-0.25, -0.2) is 4.79 Å². The highest BCUT2D eigenvalue weighted by atomic mass is 35.5. The largest absolute Gasteiger partial charge is 0.393 e. The highest BCUT2D eigenvalue weighted by Gasteiger charge is 2.39. The first-order valence-corrected chi connectivity index (χ1v) is 9.17. The number of nitrogens with one attached hydrogen (secondary N) is 3. The summed E-state index contributed by atoms with van der Waals surface area (Å²) in [5.41, 5.74) is 1.02. The summed E-state index contributed by atoms with van der Waals surface area (Å²) in [6.45, 7) is 2.49. The molecule has 24 heavy (non-hydrogen) atoms. The predicted molar refractivity (Wildman–Crippen MR) is 94.9 cm³/mol. The van der Waals surface area contributed by atoms with Gasteiger partial charge >= 0.3 is 6.03 Å². The van der Waals surface area contributed by atoms with Crippen molar-refractivity contribution in [3.05, 3.63) is 34.9 Å². The molecule has 1 aliphatic carbocycles. The zero-order valence-electron chi connectivity index (χ0n) is 13.8. The van der Waals surface area contributed by atoms with Gasteiger partial charge in [0.25, 0.3) is 0 Å². The van der Waals surface area contributed by atoms with E-state index in [0.29, 0.717) is 23.4 Å². The molecule has 0 aromatic heterocycles. The van der Waals surface area contributed by atoms with E-state index < -0.39 is 0 Å². The number of amides is 2. The Kier molecular flexibility index (Phi) is 5.98. The summed E-state index contributed by atoms with van der Waals surface area (Å²) in [5.74, 6) is 0.884. The number of carbonyl (C=O) groups is 1. The molecule has 2 aliphatic rings. The molecule has 0 radical (unpaired) electrons. The summed E-state index contributed by atoms with van der Waals surface area (Å²) in [5, 5.41) is 19.8. The Hall–Kier alpha value is -1.30. The predicted octanol–water partition coefficient (Wildman–Crippen LogP) is 2.28. The number of aliphatic hydroxyl groups excluding tert-OH is 1. The lowest BCUT2D eigenvalue weighted by molar-refractivity contribution is 0.0116. The minimum absolute atomic E-state index is 0.130. The first kappa shape index (κ1) is 17.5. The molecule has 0 bridgehead atoms. The maximum absolute atomic E-state index is 12.3. The van der Waals surface area contributed by atoms with Crippen LogP contribution in [0, 0.1) is 11.8 Å². The Balaban J connectivity index is 1.53. The fourth-order valence-electron chi connectivity index (χ4n) is 3.73. The van der Waals surface area contributed by atoms with Gasteiger partial charge in [-0.2, -0.15) is 0 Å². The second kappa shape index (κ2) is 8.19. The van der Waals surface area contributed by atoms with Crippen LogP contribution in [0.25, 0.3) is 0 Å². The van der Waals surface area contributed by atoms with Crippen molar-refractivity contribution in [2.24, 2.45) is 11.8 Å². The van der Waals surface area contributed by atoms with Gasteiger partial charge in [-0.05, 0) is 68.3 Å². The standard InChI is InChI=1S/C18H26ClN3O2/c19-15-3-1-12(2-4-15)11-21-18(24)22-17(14-9-16(23)10-14)13-5-7-20-8-6-13/h1-4,13-14,16-17,20,23H,5-11H2,(H2,21,22,24)/t14?,16?,17-/m1/s1. The van der Waals surface area contributed by atoms with Gasteiger partial charge in [-0.15, -0.1) is 0 Å². The number of carbonyl (C=O) groups excluding carboxylic acids is 1. The molecule has 3 rings (SSSR count). The number of piperidine rings is 1. The smallest absolute Gasteiger partial charge is 0.315 e. The summed E-state index contributed by atoms with van der Waals surface area (Å²) in [4.78, 5) is 12.3. The number of hydrogen-bond acceptors (Lipinski definition) is 3. The molecule has 2 amide bonds. The molecule has 1 saturated carbocycles. The normalized spacial score (nSPS) is 25.6. The quantitative estimate of drug-likeness (QED) is 0.657. The van der Waals surface area contributed by atoms with Gasteiger partial charge in [0.05, 0.1) is 6.10 Å². The summed E-state index contributed by atoms with van der Waals surface area (Å²) in [6.07, 6.45) is 3.56. The van der Waals surface area contributed by atoms with Crippen LogP contribution in [0.15, 0.2) is 24.3 Å². The van der Waals surface area contributed by atoms with Crippen molar-refractivity contribution in [1.29, 1.82) is 0 Å². The van der Waals surface area contributed by atoms with E-state index >= 15 is 0 Å². The zero-order valence-corrected chi connectivity index (χ0v) is 14.6. The Morgan fingerprint density at radius 2 is 1.88 bits per heavy atom. The molecule has 1 atom stereocenters. The number of benzene rings is 1. The van der Waals surface area contributed by atoms with Crippen LogP contribution >= 0.6 is 11.6 Å². The van der Waals surface area contributed by atoms with E-state index in [1.54, 1.807) is 0 Å². The zero-order chi connectivity index (χ0) is 16.9. The summed E-state index contributed by atoms with van der Waals surface area (Å²) in [7, 11) is 0. The number of hydrogen-bond donors (Lipinski definition) is 4. The molecule has 1 saturated heterocycles. The van der Waals surface area contributed by atoms with Gasteiger partial charge in [0.15, 0.2) is 0 Å². The third-order valence-corrected chi connectivity index (χ3v) is 5.47. The van der Waals surface area contributed by atoms with Crippen molar-refractivity contribution in [2.45, 2.75) is 44.4 Å². The number of halogens is 1. The monoisotopic (exact) mass is 351 g/mol. The first-order chi connectivity index (χ1) is 11.6. The van der Waals surface area contributed by atoms with E-state index in [2.05, 4.69) is 16.0 Å². The van der Waals surface area contributed by atoms with Crippen molar-refractivity contribution in [1.82, 2.24) is 16.0 Å². The number of urea groups is 1. The molecule has 1 heterocycles. The van der Waals surface area contributed by atoms with Crippen LogP contribution in [0.3, 0.4) is 0 Å². The van der Waals surface area contributed by atoms with Crippen LogP contribution < -0.4 is 16.0 Å². The molecular weight excluding hydrogens is 326 g/mol. The maximum Gasteiger partial charge on any atom is 0.315 e. The van der Waals surface area contributed by atoms with Crippen molar-refractivity contribution in [2.75, 3.05) is 13.1 Å². The minimum atomic E-state index is -0.196. The maximum atomic E-state index is 12.3. The van der Waals surface area contributed by atoms with Gasteiger partial charge in [0.2, 0.25) is 0 Å². The van der Waals surface area contributed by atoms with E-state index in [1.807, 2.05) is 24.3 Å². The van der Waals surface area contributed by atoms with Crippen molar-refractivity contribution in [3.63, 3.8) is 0 Å². The highest BCUT2D eigenvalue weighted by Crippen LogP contribution is 2.35. The van der Waals surface area contributed by atoms with Crippen LogP contribution in [0.2, 0.25) is 5.02 Å². The van der Waals surface area contributed by atoms with Crippen molar-refractivity contribution in [3.8, 4) is 0 Å². The van der Waals surface area contributed by atoms with Crippen molar-refractivity contribution >= 4 is 17.6 Å². The van der Waals surface area contributed by atoms with Gasteiger partial charge in [0, 0.05) is 17.6 Å². The van der Waals surface area contributed by atoms with Gasteiger partial charge in [0.1, 0.15) is 0 Å². The summed E-state index contributed by atoms with van der Waals surface area (Å²) in [6, 6.07) is 7.49. The Bertz CT molecular complexity index is 540. The number of aliphatic hydroxyl groups is 1. The molecule has 0 spiro atoms. The van der Waals surface area contributed by atoms with Crippen LogP contribution in [-0.2, 0) is 6.54 Å². The lowest BCUT2D eigenvalue weighted by atomic mass is 9.71. The average Bonchev–Trinajstić information content (AvgIpc) is 2.57. The lowest BCUT2D eigenvalue weighted by Crippen LogP contribution is -2.54. The van der Waals surface area contributed by atoms with Crippen LogP contribution in [0.5, 0.6) is 0 Å². The molecule has 2 fully saturated rings. The minimum Gasteiger partial charge on any atom is -0.393 e. The fourth-order valence-corrected chi connectivity index (χ4v) is 3.86. The van der Waals surface area contributed by atoms with E-state index in [1.165, 1.54) is 0 Å². The third-order valence-electron chi connectivity index (χ3n) is 5.21. The molecule has 132 valence electrons. The van der Waals surface area contributed by atoms with Crippen LogP contribution in [0.1, 0.15) is 31.2 Å². The van der Waals surface area contributed by atoms with E-state index in [4.69, 9.17) is 11.6 Å². The topological polar surface area (TPSA) is 73.4 Å². The van der Waals surface area contributed by atoms with Gasteiger partial charge in [-0.1, -0.05) is 23.7 Å². The second-order valence-corrected chi connectivity index (χ2v) is 7.39. The molecule has 1 aromatic carbocycles. The van der Waals surface area contributed by atoms with E-state index in [0.717, 1.165) is 44.3 Å². The SMILES string of the molecule is O=C(NCc1ccc(Cl)cc1)N[C@H](C1CCNCC1)C1CC(O)C1. The Morgan fingerprint density at radius 1 is 1.21 bits per heavy atom. The molecule has 1 aromatic rings. The van der Waals surface area contributed by atoms with Crippen LogP contribution in [-0.4, -0.2) is 36.4 Å². The lowest BCUT2D eigenvalue weighted by Gasteiger charge is -2.43. The second-order valence-electron chi connectivity index (χ2n) is 6.95. The average molecular weight is 352 g/mol. The van der Waals surface area contributed by atoms with E-state index in [-0.39, 0.29) is 18.2 Å². The first-order valence-electron chi connectivity index (χ1n) is 8.79. The summed E-state index contributed by atoms with van der Waals surface area (Å²) >= 11 is 5.87. The van der Waals surface area contributed by atoms with Crippen LogP contribution in [0.4, 0.5) is 4.79 Å². The van der Waals surface area contributed by atoms with Gasteiger partial charge < -0.3 is 21.1 Å². The molecule has 4 N–H and O–H groups in total. The molecule has 6 heteroatoms. The Morgan fingerprint density at radius 3 is 2.50 bits per heavy atom. The van der Waals surface area contributed by atoms with Crippen molar-refractivity contribution < 1.29 is 9.90 Å². The molecular formula is C18H26ClN3O2. The van der Waals surface area contributed by atoms with Gasteiger partial charge in [-0.3, -0.25) is 0 Å². The van der Waals surface area contributed by atoms with E-state index in [9.17, 15) is 9.90 Å². The summed E-state index contributed by atoms with van der Waals surface area (Å²) < 4.78 is 0. The molecule has 5 nitrogen and oxygen atoms in total. The molecule has 1 aliphatic heterocycles. The highest BCUT2D eigenvalue weighted by molar-refractivity contribution is 6.30. The number of rotatable bonds is 5. The Labute approximate surface area is 148 Å². The third kappa shape index (κ3) is 4.62. The fraction of sp³-hybridized carbons (Fsp3) is 0.611. The molecule has 0 unspecified atom stereocenters.